The number of hydrogen-bond acceptors (Lipinski definition) is 4. The largest absolute Gasteiger partial charge is 0.395 e. The maximum atomic E-state index is 13.0. The van der Waals surface area contributed by atoms with Crippen LogP contribution in [0.3, 0.4) is 0 Å². The summed E-state index contributed by atoms with van der Waals surface area (Å²) in [4.78, 5) is 3.91. The third kappa shape index (κ3) is 2.35. The van der Waals surface area contributed by atoms with Crippen molar-refractivity contribution in [2.24, 2.45) is 0 Å². The molecule has 0 fully saturated rings. The van der Waals surface area contributed by atoms with Crippen molar-refractivity contribution in [2.45, 2.75) is 0 Å². The van der Waals surface area contributed by atoms with Crippen LogP contribution in [0.25, 0.3) is 0 Å². The van der Waals surface area contributed by atoms with Crippen LogP contribution >= 0.6 is 0 Å². The van der Waals surface area contributed by atoms with Crippen molar-refractivity contribution in [1.82, 2.24) is 4.98 Å². The number of nitriles is 1. The first-order valence-corrected chi connectivity index (χ1v) is 4.98. The first-order chi connectivity index (χ1) is 8.60. The van der Waals surface area contributed by atoms with Gasteiger partial charge in [-0.3, -0.25) is 0 Å². The summed E-state index contributed by atoms with van der Waals surface area (Å²) in [7, 11) is 0. The fourth-order valence-electron chi connectivity index (χ4n) is 1.43. The minimum atomic E-state index is -0.715. The molecule has 0 unspecified atom stereocenters. The Kier molecular flexibility index (Phi) is 3.06. The van der Waals surface area contributed by atoms with Crippen molar-refractivity contribution >= 4 is 17.2 Å². The van der Waals surface area contributed by atoms with E-state index in [1.165, 1.54) is 12.3 Å². The van der Waals surface area contributed by atoms with Crippen molar-refractivity contribution in [3.05, 3.63) is 47.7 Å². The molecule has 4 nitrogen and oxygen atoms in total. The lowest BCUT2D eigenvalue weighted by Crippen LogP contribution is -2.01. The van der Waals surface area contributed by atoms with Gasteiger partial charge in [-0.1, -0.05) is 0 Å². The lowest BCUT2D eigenvalue weighted by molar-refractivity contribution is 0.584. The van der Waals surface area contributed by atoms with Gasteiger partial charge in [-0.25, -0.2) is 13.8 Å². The van der Waals surface area contributed by atoms with Crippen LogP contribution in [0.5, 0.6) is 0 Å². The number of nitrogens with zero attached hydrogens (tertiary/aromatic N) is 2. The molecule has 0 atom stereocenters. The van der Waals surface area contributed by atoms with E-state index in [1.54, 1.807) is 0 Å². The van der Waals surface area contributed by atoms with Crippen molar-refractivity contribution < 1.29 is 8.78 Å². The highest BCUT2D eigenvalue weighted by Crippen LogP contribution is 2.24. The van der Waals surface area contributed by atoms with E-state index < -0.39 is 11.6 Å². The number of anilines is 3. The molecule has 0 aliphatic heterocycles. The summed E-state index contributed by atoms with van der Waals surface area (Å²) in [6.45, 7) is 0. The fraction of sp³-hybridized carbons (Fsp3) is 0. The van der Waals surface area contributed by atoms with Gasteiger partial charge >= 0.3 is 0 Å². The minimum Gasteiger partial charge on any atom is -0.395 e. The van der Waals surface area contributed by atoms with Crippen molar-refractivity contribution in [1.29, 1.82) is 5.26 Å². The number of benzene rings is 1. The van der Waals surface area contributed by atoms with E-state index >= 15 is 0 Å². The molecular formula is C12H8F2N4. The van der Waals surface area contributed by atoms with E-state index in [0.29, 0.717) is 0 Å². The van der Waals surface area contributed by atoms with E-state index in [9.17, 15) is 8.78 Å². The number of nitrogens with two attached hydrogens (primary N) is 1. The monoisotopic (exact) mass is 246 g/mol. The second kappa shape index (κ2) is 4.67. The van der Waals surface area contributed by atoms with Crippen LogP contribution in [0.4, 0.5) is 26.0 Å². The molecule has 18 heavy (non-hydrogen) atoms. The quantitative estimate of drug-likeness (QED) is 0.853. The molecule has 6 heteroatoms. The van der Waals surface area contributed by atoms with Gasteiger partial charge in [0.1, 0.15) is 17.7 Å². The van der Waals surface area contributed by atoms with Crippen molar-refractivity contribution in [3.8, 4) is 6.07 Å². The molecule has 3 N–H and O–H groups in total. The molecule has 0 amide bonds. The number of halogens is 2. The minimum absolute atomic E-state index is 0.129. The summed E-state index contributed by atoms with van der Waals surface area (Å²) >= 11 is 0. The molecule has 0 aliphatic rings. The van der Waals surface area contributed by atoms with E-state index in [2.05, 4.69) is 10.3 Å². The molecule has 2 rings (SSSR count). The lowest BCUT2D eigenvalue weighted by atomic mass is 10.2. The highest BCUT2D eigenvalue weighted by atomic mass is 19.1. The number of nitrogens with one attached hydrogen (secondary N) is 1. The molecule has 2 aromatic rings. The van der Waals surface area contributed by atoms with E-state index in [-0.39, 0.29) is 22.8 Å². The first kappa shape index (κ1) is 11.8. The number of nitrogen functional groups attached to an aromatic ring is 1. The number of aromatic nitrogens is 1. The zero-order valence-corrected chi connectivity index (χ0v) is 9.11. The van der Waals surface area contributed by atoms with Gasteiger partial charge in [-0.05, 0) is 18.2 Å². The van der Waals surface area contributed by atoms with Gasteiger partial charge < -0.3 is 11.1 Å². The van der Waals surface area contributed by atoms with Crippen LogP contribution in [-0.4, -0.2) is 4.98 Å². The zero-order chi connectivity index (χ0) is 13.1. The van der Waals surface area contributed by atoms with Crippen LogP contribution in [0.2, 0.25) is 0 Å². The van der Waals surface area contributed by atoms with Gasteiger partial charge in [0.25, 0.3) is 0 Å². The van der Waals surface area contributed by atoms with E-state index in [1.807, 2.05) is 6.07 Å². The standard InChI is InChI=1S/C12H8F2N4/c13-8-3-9(14)5-10(4-8)18-12-11(16)7(6-15)1-2-17-12/h1-5H,16H2,(H,17,18). The molecule has 0 saturated carbocycles. The molecule has 1 aromatic heterocycles. The van der Waals surface area contributed by atoms with Gasteiger partial charge in [-0.15, -0.1) is 0 Å². The topological polar surface area (TPSA) is 74.7 Å². The predicted molar refractivity (Wildman–Crippen MR) is 63.0 cm³/mol. The first-order valence-electron chi connectivity index (χ1n) is 4.98. The number of rotatable bonds is 2. The molecule has 0 spiro atoms. The van der Waals surface area contributed by atoms with Gasteiger partial charge in [0.2, 0.25) is 0 Å². The summed E-state index contributed by atoms with van der Waals surface area (Å²) < 4.78 is 26.0. The molecular weight excluding hydrogens is 238 g/mol. The normalized spacial score (nSPS) is 9.83. The van der Waals surface area contributed by atoms with Gasteiger partial charge in [0.15, 0.2) is 5.82 Å². The highest BCUT2D eigenvalue weighted by molar-refractivity contribution is 5.73. The number of pyridine rings is 1. The smallest absolute Gasteiger partial charge is 0.154 e. The SMILES string of the molecule is N#Cc1ccnc(Nc2cc(F)cc(F)c2)c1N. The Bertz CT molecular complexity index is 614. The molecule has 1 heterocycles. The van der Waals surface area contributed by atoms with Crippen LogP contribution in [-0.2, 0) is 0 Å². The highest BCUT2D eigenvalue weighted by Gasteiger charge is 2.07. The molecule has 0 radical (unpaired) electrons. The van der Waals surface area contributed by atoms with Crippen LogP contribution in [0.1, 0.15) is 5.56 Å². The molecule has 90 valence electrons. The molecule has 0 aliphatic carbocycles. The van der Waals surface area contributed by atoms with Gasteiger partial charge in [0, 0.05) is 18.0 Å². The van der Waals surface area contributed by atoms with Crippen LogP contribution in [0.15, 0.2) is 30.5 Å². The van der Waals surface area contributed by atoms with E-state index in [4.69, 9.17) is 11.0 Å². The van der Waals surface area contributed by atoms with Crippen LogP contribution in [0, 0.1) is 23.0 Å². The van der Waals surface area contributed by atoms with Crippen LogP contribution < -0.4 is 11.1 Å². The second-order valence-electron chi connectivity index (χ2n) is 3.52. The third-order valence-corrected chi connectivity index (χ3v) is 2.24. The second-order valence-corrected chi connectivity index (χ2v) is 3.52. The zero-order valence-electron chi connectivity index (χ0n) is 9.11. The van der Waals surface area contributed by atoms with Crippen molar-refractivity contribution in [3.63, 3.8) is 0 Å². The Morgan fingerprint density at radius 1 is 1.22 bits per heavy atom. The maximum Gasteiger partial charge on any atom is 0.154 e. The third-order valence-electron chi connectivity index (χ3n) is 2.24. The van der Waals surface area contributed by atoms with E-state index in [0.717, 1.165) is 18.2 Å². The summed E-state index contributed by atoms with van der Waals surface area (Å²) in [6.07, 6.45) is 1.38. The summed E-state index contributed by atoms with van der Waals surface area (Å²) in [6, 6.07) is 6.30. The maximum absolute atomic E-state index is 13.0. The number of hydrogen-bond donors (Lipinski definition) is 2. The average molecular weight is 246 g/mol. The Morgan fingerprint density at radius 2 is 1.89 bits per heavy atom. The Morgan fingerprint density at radius 3 is 2.50 bits per heavy atom. The molecule has 0 bridgehead atoms. The molecule has 0 saturated heterocycles. The summed E-state index contributed by atoms with van der Waals surface area (Å²) in [5.74, 6) is -1.25. The van der Waals surface area contributed by atoms with Gasteiger partial charge in [-0.2, -0.15) is 5.26 Å². The molecule has 1 aromatic carbocycles. The Labute approximate surface area is 102 Å². The van der Waals surface area contributed by atoms with Gasteiger partial charge in [0.05, 0.1) is 11.3 Å². The Hall–Kier alpha value is -2.68. The summed E-state index contributed by atoms with van der Waals surface area (Å²) in [5.41, 5.74) is 6.22. The average Bonchev–Trinajstić information content (AvgIpc) is 2.30. The van der Waals surface area contributed by atoms with Crippen molar-refractivity contribution in [2.75, 3.05) is 11.1 Å². The lowest BCUT2D eigenvalue weighted by Gasteiger charge is -2.09. The summed E-state index contributed by atoms with van der Waals surface area (Å²) in [5, 5.41) is 11.5. The fourth-order valence-corrected chi connectivity index (χ4v) is 1.43. The predicted octanol–water partition coefficient (Wildman–Crippen LogP) is 2.56. The Balaban J connectivity index is 2.37.